The van der Waals surface area contributed by atoms with Crippen LogP contribution in [0.3, 0.4) is 0 Å². The maximum Gasteiger partial charge on any atom is 0.257 e. The van der Waals surface area contributed by atoms with Gasteiger partial charge in [-0.25, -0.2) is 0 Å². The number of hydrogen-bond donors (Lipinski definition) is 2. The molecule has 0 aromatic heterocycles. The van der Waals surface area contributed by atoms with E-state index in [1.165, 1.54) is 12.1 Å². The maximum atomic E-state index is 12.0. The molecular formula is C13H8Cl3NO2. The number of rotatable bonds is 2. The summed E-state index contributed by atoms with van der Waals surface area (Å²) in [5.74, 6) is -0.703. The SMILES string of the molecule is O=C(Nc1cc(Cl)cc(Cl)c1O)c1ccccc1Cl. The Labute approximate surface area is 124 Å². The van der Waals surface area contributed by atoms with E-state index in [1.807, 2.05) is 0 Å². The van der Waals surface area contributed by atoms with Gasteiger partial charge >= 0.3 is 0 Å². The van der Waals surface area contributed by atoms with Gasteiger partial charge in [0.05, 0.1) is 21.3 Å². The minimum Gasteiger partial charge on any atom is -0.504 e. The number of amides is 1. The molecule has 2 aromatic carbocycles. The molecule has 0 fully saturated rings. The summed E-state index contributed by atoms with van der Waals surface area (Å²) in [5.41, 5.74) is 0.419. The Balaban J connectivity index is 2.32. The molecule has 0 saturated heterocycles. The Morgan fingerprint density at radius 3 is 2.42 bits per heavy atom. The molecule has 0 radical (unpaired) electrons. The molecule has 98 valence electrons. The summed E-state index contributed by atoms with van der Waals surface area (Å²) in [6.45, 7) is 0. The Morgan fingerprint density at radius 2 is 1.74 bits per heavy atom. The van der Waals surface area contributed by atoms with Crippen molar-refractivity contribution in [1.29, 1.82) is 0 Å². The largest absolute Gasteiger partial charge is 0.504 e. The van der Waals surface area contributed by atoms with Crippen LogP contribution in [-0.4, -0.2) is 11.0 Å². The van der Waals surface area contributed by atoms with E-state index < -0.39 is 5.91 Å². The molecule has 3 nitrogen and oxygen atoms in total. The van der Waals surface area contributed by atoms with Crippen LogP contribution in [0.1, 0.15) is 10.4 Å². The van der Waals surface area contributed by atoms with Crippen LogP contribution in [0.15, 0.2) is 36.4 Å². The molecule has 0 spiro atoms. The average Bonchev–Trinajstić information content (AvgIpc) is 2.35. The van der Waals surface area contributed by atoms with Crippen molar-refractivity contribution in [1.82, 2.24) is 0 Å². The highest BCUT2D eigenvalue weighted by molar-refractivity contribution is 6.37. The molecule has 0 bridgehead atoms. The van der Waals surface area contributed by atoms with Crippen LogP contribution < -0.4 is 5.32 Å². The van der Waals surface area contributed by atoms with Gasteiger partial charge in [-0.3, -0.25) is 4.79 Å². The minimum absolute atomic E-state index is 0.0574. The third kappa shape index (κ3) is 3.13. The maximum absolute atomic E-state index is 12.0. The molecule has 2 rings (SSSR count). The topological polar surface area (TPSA) is 49.3 Å². The summed E-state index contributed by atoms with van der Waals surface area (Å²) in [4.78, 5) is 12.0. The predicted molar refractivity (Wildman–Crippen MR) is 77.5 cm³/mol. The molecule has 0 saturated carbocycles. The summed E-state index contributed by atoms with van der Waals surface area (Å²) in [6, 6.07) is 9.35. The predicted octanol–water partition coefficient (Wildman–Crippen LogP) is 4.60. The fraction of sp³-hybridized carbons (Fsp3) is 0. The lowest BCUT2D eigenvalue weighted by atomic mass is 10.2. The molecule has 1 amide bonds. The van der Waals surface area contributed by atoms with Gasteiger partial charge in [-0.1, -0.05) is 46.9 Å². The van der Waals surface area contributed by atoms with E-state index in [4.69, 9.17) is 34.8 Å². The number of nitrogens with one attached hydrogen (secondary N) is 1. The minimum atomic E-state index is -0.459. The lowest BCUT2D eigenvalue weighted by Crippen LogP contribution is -2.12. The first-order valence-electron chi connectivity index (χ1n) is 5.23. The second-order valence-electron chi connectivity index (χ2n) is 3.72. The molecule has 0 heterocycles. The van der Waals surface area contributed by atoms with Gasteiger partial charge in [-0.05, 0) is 24.3 Å². The highest BCUT2D eigenvalue weighted by Gasteiger charge is 2.14. The standard InChI is InChI=1S/C13H8Cl3NO2/c14-7-5-10(16)12(18)11(6-7)17-13(19)8-3-1-2-4-9(8)15/h1-6,18H,(H,17,19). The molecular weight excluding hydrogens is 309 g/mol. The summed E-state index contributed by atoms with van der Waals surface area (Å²) in [6.07, 6.45) is 0. The summed E-state index contributed by atoms with van der Waals surface area (Å²) in [7, 11) is 0. The number of phenolic OH excluding ortho intramolecular Hbond substituents is 1. The van der Waals surface area contributed by atoms with E-state index in [9.17, 15) is 9.90 Å². The van der Waals surface area contributed by atoms with E-state index in [0.29, 0.717) is 15.6 Å². The molecule has 6 heteroatoms. The van der Waals surface area contributed by atoms with E-state index in [1.54, 1.807) is 24.3 Å². The zero-order valence-electron chi connectivity index (χ0n) is 9.45. The first-order valence-corrected chi connectivity index (χ1v) is 6.36. The molecule has 19 heavy (non-hydrogen) atoms. The van der Waals surface area contributed by atoms with Crippen LogP contribution in [-0.2, 0) is 0 Å². The molecule has 2 N–H and O–H groups in total. The quantitative estimate of drug-likeness (QED) is 0.795. The van der Waals surface area contributed by atoms with Gasteiger partial charge in [-0.15, -0.1) is 0 Å². The van der Waals surface area contributed by atoms with Crippen molar-refractivity contribution in [3.8, 4) is 5.75 Å². The number of aromatic hydroxyl groups is 1. The van der Waals surface area contributed by atoms with E-state index in [0.717, 1.165) is 0 Å². The first-order chi connectivity index (χ1) is 8.99. The van der Waals surface area contributed by atoms with Crippen LogP contribution in [0.25, 0.3) is 0 Å². The number of carbonyl (C=O) groups is 1. The van der Waals surface area contributed by atoms with Crippen LogP contribution in [0.4, 0.5) is 5.69 Å². The third-order valence-corrected chi connectivity index (χ3v) is 3.23. The van der Waals surface area contributed by atoms with Gasteiger partial charge in [0.25, 0.3) is 5.91 Å². The number of carbonyl (C=O) groups excluding carboxylic acids is 1. The number of benzene rings is 2. The van der Waals surface area contributed by atoms with Gasteiger partial charge in [0.1, 0.15) is 0 Å². The van der Waals surface area contributed by atoms with Gasteiger partial charge in [0.15, 0.2) is 5.75 Å². The van der Waals surface area contributed by atoms with E-state index in [-0.39, 0.29) is 16.5 Å². The van der Waals surface area contributed by atoms with Crippen LogP contribution in [0.2, 0.25) is 15.1 Å². The van der Waals surface area contributed by atoms with Gasteiger partial charge in [0.2, 0.25) is 0 Å². The van der Waals surface area contributed by atoms with Crippen LogP contribution >= 0.6 is 34.8 Å². The van der Waals surface area contributed by atoms with Gasteiger partial charge in [-0.2, -0.15) is 0 Å². The third-order valence-electron chi connectivity index (χ3n) is 2.39. The van der Waals surface area contributed by atoms with Gasteiger partial charge < -0.3 is 10.4 Å². The normalized spacial score (nSPS) is 10.3. The van der Waals surface area contributed by atoms with Crippen molar-refractivity contribution in [3.05, 3.63) is 57.0 Å². The van der Waals surface area contributed by atoms with E-state index >= 15 is 0 Å². The van der Waals surface area contributed by atoms with Crippen molar-refractivity contribution in [2.75, 3.05) is 5.32 Å². The van der Waals surface area contributed by atoms with Crippen LogP contribution in [0.5, 0.6) is 5.75 Å². The summed E-state index contributed by atoms with van der Waals surface area (Å²) < 4.78 is 0. The first kappa shape index (κ1) is 14.0. The molecule has 0 aliphatic heterocycles. The lowest BCUT2D eigenvalue weighted by molar-refractivity contribution is 0.102. The summed E-state index contributed by atoms with van der Waals surface area (Å²) >= 11 is 17.5. The lowest BCUT2D eigenvalue weighted by Gasteiger charge is -2.10. The summed E-state index contributed by atoms with van der Waals surface area (Å²) in [5, 5.41) is 12.9. The number of phenols is 1. The van der Waals surface area contributed by atoms with Crippen molar-refractivity contribution in [2.45, 2.75) is 0 Å². The zero-order valence-corrected chi connectivity index (χ0v) is 11.7. The molecule has 0 unspecified atom stereocenters. The average molecular weight is 317 g/mol. The van der Waals surface area contributed by atoms with Crippen molar-refractivity contribution in [2.24, 2.45) is 0 Å². The van der Waals surface area contributed by atoms with Crippen molar-refractivity contribution < 1.29 is 9.90 Å². The highest BCUT2D eigenvalue weighted by atomic mass is 35.5. The second kappa shape index (κ2) is 5.70. The number of anilines is 1. The molecule has 0 aliphatic rings. The van der Waals surface area contributed by atoms with Gasteiger partial charge in [0, 0.05) is 5.02 Å². The van der Waals surface area contributed by atoms with Crippen molar-refractivity contribution >= 4 is 46.4 Å². The Morgan fingerprint density at radius 1 is 1.05 bits per heavy atom. The highest BCUT2D eigenvalue weighted by Crippen LogP contribution is 2.35. The van der Waals surface area contributed by atoms with Crippen molar-refractivity contribution in [3.63, 3.8) is 0 Å². The molecule has 0 aliphatic carbocycles. The molecule has 0 atom stereocenters. The smallest absolute Gasteiger partial charge is 0.257 e. The fourth-order valence-corrected chi connectivity index (χ4v) is 2.21. The van der Waals surface area contributed by atoms with E-state index in [2.05, 4.69) is 5.32 Å². The monoisotopic (exact) mass is 315 g/mol. The second-order valence-corrected chi connectivity index (χ2v) is 4.97. The Bertz CT molecular complexity index is 644. The Kier molecular flexibility index (Phi) is 4.20. The zero-order chi connectivity index (χ0) is 14.0. The molecule has 2 aromatic rings. The number of halogens is 3. The fourth-order valence-electron chi connectivity index (χ4n) is 1.50. The Hall–Kier alpha value is -1.42. The number of hydrogen-bond acceptors (Lipinski definition) is 2. The van der Waals surface area contributed by atoms with Crippen LogP contribution in [0, 0.1) is 0 Å².